The van der Waals surface area contributed by atoms with Gasteiger partial charge in [-0.1, -0.05) is 23.9 Å². The van der Waals surface area contributed by atoms with Crippen molar-refractivity contribution in [1.82, 2.24) is 20.2 Å². The van der Waals surface area contributed by atoms with Crippen LogP contribution in [0.5, 0.6) is 5.75 Å². The maximum atomic E-state index is 13.2. The molecule has 0 bridgehead atoms. The average molecular weight is 462 g/mol. The summed E-state index contributed by atoms with van der Waals surface area (Å²) in [4.78, 5) is 41.8. The number of urea groups is 1. The number of benzene rings is 2. The molecule has 0 radical (unpaired) electrons. The fourth-order valence-corrected chi connectivity index (χ4v) is 3.75. The van der Waals surface area contributed by atoms with Crippen LogP contribution in [0.3, 0.4) is 0 Å². The van der Waals surface area contributed by atoms with Gasteiger partial charge in [-0.2, -0.15) is 8.78 Å². The highest BCUT2D eigenvalue weighted by molar-refractivity contribution is 8.00. The van der Waals surface area contributed by atoms with Crippen molar-refractivity contribution in [3.63, 3.8) is 0 Å². The quantitative estimate of drug-likeness (QED) is 0.413. The summed E-state index contributed by atoms with van der Waals surface area (Å²) in [6.07, 6.45) is 0. The predicted molar refractivity (Wildman–Crippen MR) is 117 cm³/mol. The smallest absolute Gasteiger partial charge is 0.387 e. The first kappa shape index (κ1) is 23.2. The van der Waals surface area contributed by atoms with Crippen LogP contribution in [-0.4, -0.2) is 39.9 Å². The normalized spacial score (nSPS) is 11.9. The van der Waals surface area contributed by atoms with Crippen molar-refractivity contribution in [2.75, 3.05) is 6.54 Å². The number of nitrogens with one attached hydrogen (secondary N) is 2. The Balaban J connectivity index is 2.00. The lowest BCUT2D eigenvalue weighted by atomic mass is 10.2. The maximum absolute atomic E-state index is 13.2. The number of para-hydroxylation sites is 1. The highest BCUT2D eigenvalue weighted by Gasteiger charge is 2.21. The van der Waals surface area contributed by atoms with Gasteiger partial charge < -0.3 is 10.1 Å². The van der Waals surface area contributed by atoms with Gasteiger partial charge in [0, 0.05) is 6.54 Å². The summed E-state index contributed by atoms with van der Waals surface area (Å²) in [6.45, 7) is 0.681. The minimum atomic E-state index is -2.97. The van der Waals surface area contributed by atoms with Crippen LogP contribution >= 0.6 is 11.8 Å². The first-order valence-electron chi connectivity index (χ1n) is 9.62. The molecule has 1 heterocycles. The number of carbonyl (C=O) groups is 2. The Bertz CT molecular complexity index is 1180. The summed E-state index contributed by atoms with van der Waals surface area (Å²) in [5, 5.41) is 4.48. The van der Waals surface area contributed by atoms with Gasteiger partial charge in [-0.05, 0) is 50.2 Å². The summed E-state index contributed by atoms with van der Waals surface area (Å²) in [5.41, 5.74) is 0.399. The molecule has 2 N–H and O–H groups in total. The van der Waals surface area contributed by atoms with E-state index < -0.39 is 29.4 Å². The minimum absolute atomic E-state index is 0.0607. The Hall–Kier alpha value is -3.47. The summed E-state index contributed by atoms with van der Waals surface area (Å²) in [5.74, 6) is -0.620. The van der Waals surface area contributed by atoms with Gasteiger partial charge in [0.2, 0.25) is 5.91 Å². The summed E-state index contributed by atoms with van der Waals surface area (Å²) >= 11 is 0.986. The third-order valence-electron chi connectivity index (χ3n) is 4.29. The first-order valence-corrected chi connectivity index (χ1v) is 10.5. The van der Waals surface area contributed by atoms with Crippen LogP contribution in [0.4, 0.5) is 13.6 Å². The molecule has 32 heavy (non-hydrogen) atoms. The molecular weight excluding hydrogens is 442 g/mol. The highest BCUT2D eigenvalue weighted by Crippen LogP contribution is 2.26. The molecule has 0 saturated heterocycles. The second kappa shape index (κ2) is 10.2. The number of imide groups is 1. The predicted octanol–water partition coefficient (Wildman–Crippen LogP) is 3.31. The fraction of sp³-hybridized carbons (Fsp3) is 0.238. The van der Waals surface area contributed by atoms with E-state index in [4.69, 9.17) is 0 Å². The Morgan fingerprint density at radius 1 is 1.16 bits per heavy atom. The van der Waals surface area contributed by atoms with Crippen molar-refractivity contribution in [3.8, 4) is 11.4 Å². The van der Waals surface area contributed by atoms with Gasteiger partial charge in [0.1, 0.15) is 5.75 Å². The topological polar surface area (TPSA) is 102 Å². The lowest BCUT2D eigenvalue weighted by molar-refractivity contribution is -0.119. The van der Waals surface area contributed by atoms with Gasteiger partial charge in [-0.25, -0.2) is 9.78 Å². The summed E-state index contributed by atoms with van der Waals surface area (Å²) in [7, 11) is 0. The van der Waals surface area contributed by atoms with Gasteiger partial charge in [0.25, 0.3) is 5.56 Å². The van der Waals surface area contributed by atoms with E-state index in [1.54, 1.807) is 38.1 Å². The molecule has 3 aromatic rings. The van der Waals surface area contributed by atoms with E-state index in [9.17, 15) is 23.2 Å². The van der Waals surface area contributed by atoms with E-state index in [0.717, 1.165) is 11.8 Å². The van der Waals surface area contributed by atoms with Gasteiger partial charge in [-0.3, -0.25) is 19.5 Å². The van der Waals surface area contributed by atoms with Gasteiger partial charge >= 0.3 is 12.6 Å². The van der Waals surface area contributed by atoms with Crippen LogP contribution in [-0.2, 0) is 4.79 Å². The molecule has 0 spiro atoms. The van der Waals surface area contributed by atoms with Crippen LogP contribution in [0.1, 0.15) is 13.8 Å². The van der Waals surface area contributed by atoms with Crippen LogP contribution in [0.2, 0.25) is 0 Å². The van der Waals surface area contributed by atoms with Crippen molar-refractivity contribution in [3.05, 3.63) is 58.9 Å². The molecule has 1 atom stereocenters. The van der Waals surface area contributed by atoms with Crippen molar-refractivity contribution in [1.29, 1.82) is 0 Å². The lowest BCUT2D eigenvalue weighted by Crippen LogP contribution is -2.42. The van der Waals surface area contributed by atoms with Crippen molar-refractivity contribution in [2.24, 2.45) is 0 Å². The molecule has 2 aromatic carbocycles. The highest BCUT2D eigenvalue weighted by atomic mass is 32.2. The van der Waals surface area contributed by atoms with Crippen LogP contribution in [0.25, 0.3) is 16.6 Å². The number of fused-ring (bicyclic) bond motifs is 1. The van der Waals surface area contributed by atoms with Crippen molar-refractivity contribution < 1.29 is 23.1 Å². The Morgan fingerprint density at radius 3 is 2.50 bits per heavy atom. The second-order valence-electron chi connectivity index (χ2n) is 6.53. The number of aromatic nitrogens is 2. The fourth-order valence-electron chi connectivity index (χ4n) is 2.83. The Morgan fingerprint density at radius 2 is 1.84 bits per heavy atom. The molecule has 168 valence electrons. The number of rotatable bonds is 7. The number of thioether (sulfide) groups is 1. The third-order valence-corrected chi connectivity index (χ3v) is 5.34. The molecule has 1 unspecified atom stereocenters. The Kier molecular flexibility index (Phi) is 7.41. The van der Waals surface area contributed by atoms with Gasteiger partial charge in [-0.15, -0.1) is 0 Å². The number of hydrogen-bond acceptors (Lipinski definition) is 6. The molecule has 0 aliphatic rings. The van der Waals surface area contributed by atoms with E-state index in [-0.39, 0.29) is 10.9 Å². The van der Waals surface area contributed by atoms with E-state index in [1.807, 2.05) is 0 Å². The first-order chi connectivity index (χ1) is 15.3. The number of carbonyl (C=O) groups excluding carboxylic acids is 2. The molecule has 3 rings (SSSR count). The molecule has 3 amide bonds. The molecule has 11 heteroatoms. The largest absolute Gasteiger partial charge is 0.435 e. The van der Waals surface area contributed by atoms with E-state index in [2.05, 4.69) is 20.4 Å². The number of nitrogens with zero attached hydrogens (tertiary/aromatic N) is 2. The average Bonchev–Trinajstić information content (AvgIpc) is 2.74. The maximum Gasteiger partial charge on any atom is 0.387 e. The van der Waals surface area contributed by atoms with E-state index >= 15 is 0 Å². The number of amides is 3. The number of halogens is 2. The molecule has 1 aromatic heterocycles. The van der Waals surface area contributed by atoms with Crippen molar-refractivity contribution in [2.45, 2.75) is 30.9 Å². The van der Waals surface area contributed by atoms with E-state index in [1.165, 1.54) is 28.8 Å². The lowest BCUT2D eigenvalue weighted by Gasteiger charge is -2.16. The zero-order chi connectivity index (χ0) is 23.3. The number of alkyl halides is 2. The van der Waals surface area contributed by atoms with E-state index in [0.29, 0.717) is 23.1 Å². The number of ether oxygens (including phenoxy) is 1. The van der Waals surface area contributed by atoms with Gasteiger partial charge in [0.05, 0.1) is 21.8 Å². The minimum Gasteiger partial charge on any atom is -0.435 e. The molecular formula is C21H20F2N4O4S. The van der Waals surface area contributed by atoms with Crippen molar-refractivity contribution >= 4 is 34.6 Å². The molecule has 0 fully saturated rings. The summed E-state index contributed by atoms with van der Waals surface area (Å²) in [6, 6.07) is 11.6. The molecule has 8 nitrogen and oxygen atoms in total. The number of hydrogen-bond donors (Lipinski definition) is 2. The summed E-state index contributed by atoms with van der Waals surface area (Å²) < 4.78 is 30.5. The monoisotopic (exact) mass is 462 g/mol. The molecule has 0 saturated carbocycles. The van der Waals surface area contributed by atoms with Crippen LogP contribution < -0.4 is 20.9 Å². The Labute approximate surface area is 186 Å². The third kappa shape index (κ3) is 5.41. The SMILES string of the molecule is CCNC(=O)NC(=O)C(C)Sc1nc2ccccc2c(=O)n1-c1ccc(OC(F)F)cc1. The van der Waals surface area contributed by atoms with Crippen LogP contribution in [0.15, 0.2) is 58.5 Å². The molecule has 0 aliphatic heterocycles. The van der Waals surface area contributed by atoms with Gasteiger partial charge in [0.15, 0.2) is 5.16 Å². The zero-order valence-corrected chi connectivity index (χ0v) is 18.0. The standard InChI is InChI=1S/C21H20F2N4O4S/c1-3-24-20(30)26-17(28)12(2)32-21-25-16-7-5-4-6-15(16)18(29)27(21)13-8-10-14(11-9-13)31-19(22)23/h4-12,19H,3H2,1-2H3,(H2,24,26,28,30). The van der Waals surface area contributed by atoms with Crippen LogP contribution in [0, 0.1) is 0 Å². The zero-order valence-electron chi connectivity index (χ0n) is 17.2. The second-order valence-corrected chi connectivity index (χ2v) is 7.84. The molecule has 0 aliphatic carbocycles.